The highest BCUT2D eigenvalue weighted by molar-refractivity contribution is 5.88. The second kappa shape index (κ2) is 7.00. The summed E-state index contributed by atoms with van der Waals surface area (Å²) in [5, 5.41) is 19.9. The first-order valence-electron chi connectivity index (χ1n) is 8.00. The molecule has 2 aromatic heterocycles. The van der Waals surface area contributed by atoms with E-state index in [0.717, 1.165) is 16.6 Å². The lowest BCUT2D eigenvalue weighted by Crippen LogP contribution is -1.99. The van der Waals surface area contributed by atoms with Crippen molar-refractivity contribution < 1.29 is 4.92 Å². The molecule has 9 nitrogen and oxygen atoms in total. The second-order valence-corrected chi connectivity index (χ2v) is 5.57. The Balaban J connectivity index is 1.57. The molecule has 2 aromatic carbocycles. The molecule has 2 heterocycles. The molecule has 0 aliphatic heterocycles. The minimum absolute atomic E-state index is 0.0333. The van der Waals surface area contributed by atoms with Crippen molar-refractivity contribution in [2.45, 2.75) is 0 Å². The summed E-state index contributed by atoms with van der Waals surface area (Å²) >= 11 is 0. The molecule has 0 amide bonds. The van der Waals surface area contributed by atoms with Crippen LogP contribution in [0.4, 0.5) is 11.5 Å². The average molecular weight is 359 g/mol. The predicted molar refractivity (Wildman–Crippen MR) is 101 cm³/mol. The molecule has 0 spiro atoms. The van der Waals surface area contributed by atoms with Crippen LogP contribution >= 0.6 is 0 Å². The van der Waals surface area contributed by atoms with Crippen LogP contribution < -0.4 is 5.43 Å². The van der Waals surface area contributed by atoms with Crippen LogP contribution in [0.5, 0.6) is 0 Å². The highest BCUT2D eigenvalue weighted by Crippen LogP contribution is 2.21. The number of nitro benzene ring substituents is 1. The normalized spacial score (nSPS) is 11.1. The van der Waals surface area contributed by atoms with Gasteiger partial charge in [-0.3, -0.25) is 15.5 Å². The van der Waals surface area contributed by atoms with E-state index in [2.05, 4.69) is 25.6 Å². The molecule has 0 fully saturated rings. The Bertz CT molecular complexity index is 1120. The number of hydrazone groups is 1. The van der Waals surface area contributed by atoms with E-state index in [4.69, 9.17) is 0 Å². The molecule has 0 saturated heterocycles. The Morgan fingerprint density at radius 2 is 1.85 bits per heavy atom. The zero-order valence-electron chi connectivity index (χ0n) is 13.9. The summed E-state index contributed by atoms with van der Waals surface area (Å²) in [6.07, 6.45) is 4.67. The van der Waals surface area contributed by atoms with Gasteiger partial charge >= 0.3 is 0 Å². The van der Waals surface area contributed by atoms with Crippen molar-refractivity contribution in [1.29, 1.82) is 0 Å². The summed E-state index contributed by atoms with van der Waals surface area (Å²) in [6.45, 7) is 0. The van der Waals surface area contributed by atoms with E-state index in [1.165, 1.54) is 18.5 Å². The number of nitrogens with one attached hydrogen (secondary N) is 1. The summed E-state index contributed by atoms with van der Waals surface area (Å²) in [5.74, 6) is 0.514. The van der Waals surface area contributed by atoms with Gasteiger partial charge in [0.05, 0.1) is 28.4 Å². The molecule has 27 heavy (non-hydrogen) atoms. The molecule has 0 atom stereocenters. The van der Waals surface area contributed by atoms with Gasteiger partial charge in [0.2, 0.25) is 0 Å². The fourth-order valence-corrected chi connectivity index (χ4v) is 2.54. The van der Waals surface area contributed by atoms with Gasteiger partial charge in [0.15, 0.2) is 11.5 Å². The Kier molecular flexibility index (Phi) is 4.24. The maximum atomic E-state index is 10.7. The monoisotopic (exact) mass is 359 g/mol. The summed E-state index contributed by atoms with van der Waals surface area (Å²) in [7, 11) is 0. The zero-order valence-corrected chi connectivity index (χ0v) is 13.9. The van der Waals surface area contributed by atoms with Gasteiger partial charge in [0.25, 0.3) is 5.69 Å². The molecule has 0 radical (unpaired) electrons. The summed E-state index contributed by atoms with van der Waals surface area (Å²) in [4.78, 5) is 18.7. The van der Waals surface area contributed by atoms with E-state index in [1.54, 1.807) is 29.2 Å². The SMILES string of the molecule is O=[N+]([O-])c1ccc(/C=N/Nc2ncnc3c2cnn3-c2ccccc2)cc1. The quantitative estimate of drug-likeness (QED) is 0.333. The summed E-state index contributed by atoms with van der Waals surface area (Å²) < 4.78 is 1.72. The number of para-hydroxylation sites is 1. The van der Waals surface area contributed by atoms with Gasteiger partial charge in [-0.05, 0) is 29.8 Å². The molecule has 4 aromatic rings. The molecule has 0 aliphatic rings. The van der Waals surface area contributed by atoms with Crippen molar-refractivity contribution in [3.8, 4) is 5.69 Å². The highest BCUT2D eigenvalue weighted by Gasteiger charge is 2.10. The topological polar surface area (TPSA) is 111 Å². The number of nitro groups is 1. The molecule has 4 rings (SSSR count). The minimum atomic E-state index is -0.443. The number of hydrogen-bond donors (Lipinski definition) is 1. The summed E-state index contributed by atoms with van der Waals surface area (Å²) in [6, 6.07) is 15.8. The molecule has 0 aliphatic carbocycles. The predicted octanol–water partition coefficient (Wildman–Crippen LogP) is 3.17. The van der Waals surface area contributed by atoms with Gasteiger partial charge < -0.3 is 0 Å². The number of benzene rings is 2. The Morgan fingerprint density at radius 3 is 2.59 bits per heavy atom. The van der Waals surface area contributed by atoms with E-state index in [-0.39, 0.29) is 5.69 Å². The van der Waals surface area contributed by atoms with Crippen molar-refractivity contribution in [3.05, 3.63) is 82.8 Å². The van der Waals surface area contributed by atoms with Crippen LogP contribution in [0, 0.1) is 10.1 Å². The van der Waals surface area contributed by atoms with E-state index in [0.29, 0.717) is 11.5 Å². The number of aromatic nitrogens is 4. The average Bonchev–Trinajstić information content (AvgIpc) is 3.14. The lowest BCUT2D eigenvalue weighted by Gasteiger charge is -2.03. The van der Waals surface area contributed by atoms with Gasteiger partial charge in [0.1, 0.15) is 6.33 Å². The molecule has 132 valence electrons. The van der Waals surface area contributed by atoms with Crippen LogP contribution in [-0.4, -0.2) is 30.9 Å². The van der Waals surface area contributed by atoms with Gasteiger partial charge in [-0.15, -0.1) is 0 Å². The standard InChI is InChI=1S/C18H13N7O2/c26-25(27)15-8-6-13(7-9-15)10-21-23-17-16-11-22-24(18(16)20-12-19-17)14-4-2-1-3-5-14/h1-12H,(H,19,20,23)/b21-10+. The molecule has 0 unspecified atom stereocenters. The van der Waals surface area contributed by atoms with Crippen molar-refractivity contribution in [3.63, 3.8) is 0 Å². The van der Waals surface area contributed by atoms with E-state index in [9.17, 15) is 10.1 Å². The molecule has 0 saturated carbocycles. The number of anilines is 1. The number of nitrogens with zero attached hydrogens (tertiary/aromatic N) is 6. The molecule has 0 bridgehead atoms. The lowest BCUT2D eigenvalue weighted by atomic mass is 10.2. The Labute approximate surface area is 153 Å². The zero-order chi connectivity index (χ0) is 18.6. The van der Waals surface area contributed by atoms with Gasteiger partial charge in [-0.1, -0.05) is 18.2 Å². The maximum Gasteiger partial charge on any atom is 0.269 e. The molecule has 1 N–H and O–H groups in total. The maximum absolute atomic E-state index is 10.7. The minimum Gasteiger partial charge on any atom is -0.261 e. The third-order valence-corrected chi connectivity index (χ3v) is 3.85. The first kappa shape index (κ1) is 16.3. The Hall–Kier alpha value is -4.14. The first-order chi connectivity index (χ1) is 13.2. The van der Waals surface area contributed by atoms with Crippen molar-refractivity contribution >= 4 is 28.8 Å². The van der Waals surface area contributed by atoms with E-state index < -0.39 is 4.92 Å². The van der Waals surface area contributed by atoms with Crippen LogP contribution in [0.15, 0.2) is 72.2 Å². The first-order valence-corrected chi connectivity index (χ1v) is 8.00. The molecule has 9 heteroatoms. The smallest absolute Gasteiger partial charge is 0.261 e. The number of fused-ring (bicyclic) bond motifs is 1. The largest absolute Gasteiger partial charge is 0.269 e. The van der Waals surface area contributed by atoms with Gasteiger partial charge in [-0.25, -0.2) is 14.6 Å². The van der Waals surface area contributed by atoms with Crippen LogP contribution in [-0.2, 0) is 0 Å². The van der Waals surface area contributed by atoms with Crippen LogP contribution in [0.25, 0.3) is 16.7 Å². The third kappa shape index (κ3) is 3.33. The molecular formula is C18H13N7O2. The number of rotatable bonds is 5. The Morgan fingerprint density at radius 1 is 1.07 bits per heavy atom. The van der Waals surface area contributed by atoms with Crippen LogP contribution in [0.1, 0.15) is 5.56 Å². The number of non-ortho nitro benzene ring substituents is 1. The summed E-state index contributed by atoms with van der Waals surface area (Å²) in [5.41, 5.74) is 5.18. The van der Waals surface area contributed by atoms with Crippen LogP contribution in [0.3, 0.4) is 0 Å². The van der Waals surface area contributed by atoms with E-state index in [1.807, 2.05) is 30.3 Å². The highest BCUT2D eigenvalue weighted by atomic mass is 16.6. The second-order valence-electron chi connectivity index (χ2n) is 5.57. The lowest BCUT2D eigenvalue weighted by molar-refractivity contribution is -0.384. The van der Waals surface area contributed by atoms with Gasteiger partial charge in [-0.2, -0.15) is 10.2 Å². The van der Waals surface area contributed by atoms with Crippen molar-refractivity contribution in [1.82, 2.24) is 19.7 Å². The van der Waals surface area contributed by atoms with E-state index >= 15 is 0 Å². The third-order valence-electron chi connectivity index (χ3n) is 3.85. The number of hydrogen-bond acceptors (Lipinski definition) is 7. The fourth-order valence-electron chi connectivity index (χ4n) is 2.54. The van der Waals surface area contributed by atoms with Crippen molar-refractivity contribution in [2.24, 2.45) is 5.10 Å². The fraction of sp³-hybridized carbons (Fsp3) is 0. The molecular weight excluding hydrogens is 346 g/mol. The van der Waals surface area contributed by atoms with Crippen LogP contribution in [0.2, 0.25) is 0 Å². The van der Waals surface area contributed by atoms with Crippen molar-refractivity contribution in [2.75, 3.05) is 5.43 Å². The van der Waals surface area contributed by atoms with Gasteiger partial charge in [0, 0.05) is 12.1 Å².